The zero-order valence-electron chi connectivity index (χ0n) is 12.5. The van der Waals surface area contributed by atoms with Crippen LogP contribution in [-0.2, 0) is 19.5 Å². The Labute approximate surface area is 150 Å². The van der Waals surface area contributed by atoms with E-state index in [2.05, 4.69) is 24.3 Å². The number of rotatable bonds is 3. The molecule has 0 amide bonds. The molecular formula is C18H18N3PRu. The van der Waals surface area contributed by atoms with Crippen molar-refractivity contribution < 1.29 is 19.5 Å². The first-order chi connectivity index (χ1) is 10.7. The molecule has 0 atom stereocenters. The van der Waals surface area contributed by atoms with Crippen LogP contribution in [-0.4, -0.2) is 0 Å². The summed E-state index contributed by atoms with van der Waals surface area (Å²) < 4.78 is 0. The van der Waals surface area contributed by atoms with E-state index in [1.165, 1.54) is 10.6 Å². The molecule has 3 aromatic carbocycles. The van der Waals surface area contributed by atoms with Gasteiger partial charge >= 0.3 is 0 Å². The number of hydrogen-bond donors (Lipinski definition) is 3. The van der Waals surface area contributed by atoms with E-state index in [-0.39, 0.29) is 19.5 Å². The van der Waals surface area contributed by atoms with Crippen molar-refractivity contribution >= 4 is 40.9 Å². The Morgan fingerprint density at radius 3 is 1.52 bits per heavy atom. The van der Waals surface area contributed by atoms with Crippen molar-refractivity contribution in [3.05, 3.63) is 72.8 Å². The SMILES string of the molecule is Nc1ccc(P(c2ccccc2)c2ccccc2)c(N)c1N.[Ru]. The molecule has 0 spiro atoms. The average molecular weight is 408 g/mol. The van der Waals surface area contributed by atoms with Crippen LogP contribution in [0.1, 0.15) is 0 Å². The zero-order valence-corrected chi connectivity index (χ0v) is 15.1. The summed E-state index contributed by atoms with van der Waals surface area (Å²) in [5.74, 6) is 0. The first-order valence-electron chi connectivity index (χ1n) is 7.02. The largest absolute Gasteiger partial charge is 0.397 e. The molecule has 0 bridgehead atoms. The first-order valence-corrected chi connectivity index (χ1v) is 8.36. The van der Waals surface area contributed by atoms with Crippen LogP contribution < -0.4 is 33.1 Å². The molecule has 0 aliphatic heterocycles. The number of nitrogens with two attached hydrogens (primary N) is 3. The van der Waals surface area contributed by atoms with E-state index in [0.29, 0.717) is 17.1 Å². The standard InChI is InChI=1S/C18H18N3P.Ru/c19-15-11-12-16(18(21)17(15)20)22(13-7-3-1-4-8-13)14-9-5-2-6-10-14;/h1-12H,19-21H2;. The Morgan fingerprint density at radius 1 is 0.565 bits per heavy atom. The van der Waals surface area contributed by atoms with Crippen LogP contribution in [0, 0.1) is 0 Å². The van der Waals surface area contributed by atoms with Gasteiger partial charge in [-0.25, -0.2) is 0 Å². The summed E-state index contributed by atoms with van der Waals surface area (Å²) in [6, 6.07) is 24.6. The van der Waals surface area contributed by atoms with E-state index in [1.54, 1.807) is 0 Å². The second kappa shape index (κ2) is 7.59. The Balaban J connectivity index is 0.00000192. The molecule has 3 aromatic rings. The topological polar surface area (TPSA) is 78.1 Å². The van der Waals surface area contributed by atoms with E-state index in [9.17, 15) is 0 Å². The summed E-state index contributed by atoms with van der Waals surface area (Å²) in [5, 5.41) is 3.51. The Morgan fingerprint density at radius 2 is 1.04 bits per heavy atom. The first kappa shape index (κ1) is 17.5. The van der Waals surface area contributed by atoms with Gasteiger partial charge in [0.2, 0.25) is 0 Å². The van der Waals surface area contributed by atoms with Crippen molar-refractivity contribution in [1.29, 1.82) is 0 Å². The van der Waals surface area contributed by atoms with E-state index in [4.69, 9.17) is 17.2 Å². The fourth-order valence-corrected chi connectivity index (χ4v) is 4.80. The van der Waals surface area contributed by atoms with E-state index in [0.717, 1.165) is 5.30 Å². The van der Waals surface area contributed by atoms with Gasteiger partial charge in [0.1, 0.15) is 0 Å². The van der Waals surface area contributed by atoms with Crippen LogP contribution in [0.3, 0.4) is 0 Å². The summed E-state index contributed by atoms with van der Waals surface area (Å²) >= 11 is 0. The van der Waals surface area contributed by atoms with Crippen LogP contribution in [0.25, 0.3) is 0 Å². The third kappa shape index (κ3) is 3.55. The van der Waals surface area contributed by atoms with Crippen LogP contribution in [0.5, 0.6) is 0 Å². The fraction of sp³-hybridized carbons (Fsp3) is 0. The number of benzene rings is 3. The summed E-state index contributed by atoms with van der Waals surface area (Å²) in [6.45, 7) is 0. The minimum absolute atomic E-state index is 0. The van der Waals surface area contributed by atoms with Crippen molar-refractivity contribution in [3.63, 3.8) is 0 Å². The maximum absolute atomic E-state index is 6.27. The molecule has 0 radical (unpaired) electrons. The summed E-state index contributed by atoms with van der Waals surface area (Å²) in [7, 11) is -0.756. The molecule has 3 nitrogen and oxygen atoms in total. The predicted molar refractivity (Wildman–Crippen MR) is 98.4 cm³/mol. The van der Waals surface area contributed by atoms with Crippen molar-refractivity contribution in [2.24, 2.45) is 0 Å². The number of hydrogen-bond acceptors (Lipinski definition) is 3. The van der Waals surface area contributed by atoms with Crippen molar-refractivity contribution in [1.82, 2.24) is 0 Å². The molecule has 3 rings (SSSR count). The van der Waals surface area contributed by atoms with Crippen LogP contribution in [0.2, 0.25) is 0 Å². The van der Waals surface area contributed by atoms with Gasteiger partial charge in [-0.3, -0.25) is 0 Å². The molecule has 0 fully saturated rings. The molecule has 23 heavy (non-hydrogen) atoms. The third-order valence-corrected chi connectivity index (χ3v) is 6.07. The number of anilines is 3. The molecule has 0 saturated carbocycles. The molecule has 6 N–H and O–H groups in total. The Kier molecular flexibility index (Phi) is 5.76. The van der Waals surface area contributed by atoms with Gasteiger partial charge in [-0.1, -0.05) is 60.7 Å². The second-order valence-electron chi connectivity index (χ2n) is 5.01. The molecule has 118 valence electrons. The van der Waals surface area contributed by atoms with Gasteiger partial charge in [-0.15, -0.1) is 0 Å². The minimum Gasteiger partial charge on any atom is -0.397 e. The van der Waals surface area contributed by atoms with Gasteiger partial charge in [0, 0.05) is 24.8 Å². The quantitative estimate of drug-likeness (QED) is 0.353. The fourth-order valence-electron chi connectivity index (χ4n) is 2.42. The van der Waals surface area contributed by atoms with Gasteiger partial charge in [0.05, 0.1) is 17.1 Å². The van der Waals surface area contributed by atoms with Gasteiger partial charge < -0.3 is 17.2 Å². The van der Waals surface area contributed by atoms with Crippen molar-refractivity contribution in [2.45, 2.75) is 0 Å². The maximum atomic E-state index is 6.27. The molecule has 0 aliphatic rings. The third-order valence-electron chi connectivity index (χ3n) is 3.57. The molecular weight excluding hydrogens is 390 g/mol. The van der Waals surface area contributed by atoms with Gasteiger partial charge in [0.25, 0.3) is 0 Å². The van der Waals surface area contributed by atoms with E-state index >= 15 is 0 Å². The molecule has 0 saturated heterocycles. The van der Waals surface area contributed by atoms with Crippen molar-refractivity contribution in [2.75, 3.05) is 17.2 Å². The van der Waals surface area contributed by atoms with Crippen LogP contribution in [0.15, 0.2) is 72.8 Å². The molecule has 0 heterocycles. The van der Waals surface area contributed by atoms with Crippen LogP contribution in [0.4, 0.5) is 17.1 Å². The Bertz CT molecular complexity index is 740. The van der Waals surface area contributed by atoms with E-state index < -0.39 is 7.92 Å². The smallest absolute Gasteiger partial charge is 0.0788 e. The Hall–Kier alpha value is -1.89. The molecule has 0 unspecified atom stereocenters. The molecule has 5 heteroatoms. The average Bonchev–Trinajstić information content (AvgIpc) is 2.57. The van der Waals surface area contributed by atoms with E-state index in [1.807, 2.05) is 48.5 Å². The normalized spacial score (nSPS) is 10.3. The van der Waals surface area contributed by atoms with Gasteiger partial charge in [-0.05, 0) is 30.7 Å². The van der Waals surface area contributed by atoms with Gasteiger partial charge in [-0.2, -0.15) is 0 Å². The monoisotopic (exact) mass is 409 g/mol. The minimum atomic E-state index is -0.756. The summed E-state index contributed by atoms with van der Waals surface area (Å²) in [5.41, 5.74) is 19.8. The zero-order chi connectivity index (χ0) is 15.5. The van der Waals surface area contributed by atoms with Crippen LogP contribution >= 0.6 is 7.92 Å². The maximum Gasteiger partial charge on any atom is 0.0788 e. The molecule has 0 aromatic heterocycles. The second-order valence-corrected chi connectivity index (χ2v) is 7.19. The predicted octanol–water partition coefficient (Wildman–Crippen LogP) is 2.19. The van der Waals surface area contributed by atoms with Gasteiger partial charge in [0.15, 0.2) is 0 Å². The summed E-state index contributed by atoms with van der Waals surface area (Å²) in [4.78, 5) is 0. The molecule has 0 aliphatic carbocycles. The number of nitrogen functional groups attached to an aromatic ring is 3. The summed E-state index contributed by atoms with van der Waals surface area (Å²) in [6.07, 6.45) is 0. The van der Waals surface area contributed by atoms with Crippen molar-refractivity contribution in [3.8, 4) is 0 Å².